The van der Waals surface area contributed by atoms with Gasteiger partial charge in [0.25, 0.3) is 0 Å². The van der Waals surface area contributed by atoms with E-state index in [1.54, 1.807) is 0 Å². The number of anilines is 1. The molecule has 0 bridgehead atoms. The van der Waals surface area contributed by atoms with Crippen LogP contribution in [0.3, 0.4) is 0 Å². The van der Waals surface area contributed by atoms with E-state index in [-0.39, 0.29) is 0 Å². The van der Waals surface area contributed by atoms with E-state index in [9.17, 15) is 5.11 Å². The van der Waals surface area contributed by atoms with Gasteiger partial charge >= 0.3 is 0 Å². The van der Waals surface area contributed by atoms with Crippen LogP contribution in [0.1, 0.15) is 18.6 Å². The Kier molecular flexibility index (Phi) is 5.59. The van der Waals surface area contributed by atoms with Crippen LogP contribution >= 0.6 is 0 Å². The van der Waals surface area contributed by atoms with Gasteiger partial charge in [0.2, 0.25) is 0 Å². The van der Waals surface area contributed by atoms with Crippen LogP contribution in [-0.2, 0) is 0 Å². The van der Waals surface area contributed by atoms with Crippen LogP contribution in [0, 0.1) is 0 Å². The van der Waals surface area contributed by atoms with Crippen LogP contribution < -0.4 is 10.1 Å². The zero-order valence-electron chi connectivity index (χ0n) is 14.1. The minimum atomic E-state index is -0.596. The monoisotopic (exact) mass is 335 g/mol. The van der Waals surface area contributed by atoms with E-state index in [1.165, 1.54) is 6.33 Å². The molecule has 0 unspecified atom stereocenters. The topological polar surface area (TPSA) is 67.3 Å². The highest BCUT2D eigenvalue weighted by Gasteiger charge is 2.08. The smallest absolute Gasteiger partial charge is 0.130 e. The normalized spacial score (nSPS) is 11.8. The van der Waals surface area contributed by atoms with Gasteiger partial charge < -0.3 is 15.2 Å². The Labute approximate surface area is 147 Å². The molecule has 0 radical (unpaired) electrons. The number of ether oxygens (including phenoxy) is 1. The quantitative estimate of drug-likeness (QED) is 0.689. The lowest BCUT2D eigenvalue weighted by atomic mass is 10.1. The molecule has 3 aromatic rings. The third-order valence-corrected chi connectivity index (χ3v) is 3.77. The lowest BCUT2D eigenvalue weighted by Crippen LogP contribution is -2.13. The molecule has 2 aromatic carbocycles. The minimum absolute atomic E-state index is 0.374. The van der Waals surface area contributed by atoms with Crippen LogP contribution in [0.5, 0.6) is 5.75 Å². The molecule has 128 valence electrons. The molecule has 25 heavy (non-hydrogen) atoms. The number of hydrogen-bond donors (Lipinski definition) is 2. The van der Waals surface area contributed by atoms with Gasteiger partial charge in [-0.3, -0.25) is 0 Å². The fourth-order valence-electron chi connectivity index (χ4n) is 2.52. The fourth-order valence-corrected chi connectivity index (χ4v) is 2.52. The van der Waals surface area contributed by atoms with Gasteiger partial charge in [-0.25, -0.2) is 9.97 Å². The van der Waals surface area contributed by atoms with E-state index < -0.39 is 6.10 Å². The first-order chi connectivity index (χ1) is 12.3. The molecule has 5 nitrogen and oxygen atoms in total. The number of rotatable bonds is 7. The maximum Gasteiger partial charge on any atom is 0.130 e. The minimum Gasteiger partial charge on any atom is -0.494 e. The molecule has 0 aliphatic rings. The highest BCUT2D eigenvalue weighted by atomic mass is 16.5. The standard InChI is InChI=1S/C20H21N3O2/c1-2-25-17-10-6-9-16(11-17)18-12-20(23-14-22-18)21-13-19(24)15-7-4-3-5-8-15/h3-12,14,19,24H,2,13H2,1H3,(H,21,22,23)/t19-/m0/s1. The van der Waals surface area contributed by atoms with Crippen molar-refractivity contribution in [2.45, 2.75) is 13.0 Å². The predicted octanol–water partition coefficient (Wildman–Crippen LogP) is 3.69. The van der Waals surface area contributed by atoms with E-state index in [0.717, 1.165) is 22.6 Å². The lowest BCUT2D eigenvalue weighted by molar-refractivity contribution is 0.191. The zero-order chi connectivity index (χ0) is 17.5. The van der Waals surface area contributed by atoms with E-state index in [4.69, 9.17) is 4.74 Å². The van der Waals surface area contributed by atoms with Gasteiger partial charge in [-0.1, -0.05) is 42.5 Å². The third-order valence-electron chi connectivity index (χ3n) is 3.77. The van der Waals surface area contributed by atoms with Crippen molar-refractivity contribution in [1.29, 1.82) is 0 Å². The zero-order valence-corrected chi connectivity index (χ0v) is 14.1. The van der Waals surface area contributed by atoms with Crippen LogP contribution in [0.25, 0.3) is 11.3 Å². The first kappa shape index (κ1) is 16.9. The molecule has 1 atom stereocenters. The summed E-state index contributed by atoms with van der Waals surface area (Å²) in [7, 11) is 0. The Morgan fingerprint density at radius 3 is 2.68 bits per heavy atom. The van der Waals surface area contributed by atoms with Crippen molar-refractivity contribution in [3.05, 3.63) is 72.6 Å². The summed E-state index contributed by atoms with van der Waals surface area (Å²) in [6, 6.07) is 19.2. The summed E-state index contributed by atoms with van der Waals surface area (Å²) in [5.74, 6) is 1.48. The van der Waals surface area contributed by atoms with E-state index in [2.05, 4.69) is 15.3 Å². The fraction of sp³-hybridized carbons (Fsp3) is 0.200. The van der Waals surface area contributed by atoms with Crippen LogP contribution in [0.15, 0.2) is 67.0 Å². The maximum atomic E-state index is 10.2. The summed E-state index contributed by atoms with van der Waals surface area (Å²) >= 11 is 0. The van der Waals surface area contributed by atoms with Crippen LogP contribution in [-0.4, -0.2) is 28.2 Å². The van der Waals surface area contributed by atoms with Gasteiger partial charge in [-0.05, 0) is 24.6 Å². The number of hydrogen-bond acceptors (Lipinski definition) is 5. The van der Waals surface area contributed by atoms with E-state index in [1.807, 2.05) is 67.6 Å². The number of nitrogens with zero attached hydrogens (tertiary/aromatic N) is 2. The van der Waals surface area contributed by atoms with Gasteiger partial charge in [0, 0.05) is 18.2 Å². The molecule has 3 rings (SSSR count). The molecule has 1 aromatic heterocycles. The Balaban J connectivity index is 1.70. The first-order valence-corrected chi connectivity index (χ1v) is 8.28. The van der Waals surface area contributed by atoms with Crippen molar-refractivity contribution in [2.24, 2.45) is 0 Å². The Morgan fingerprint density at radius 1 is 1.04 bits per heavy atom. The number of nitrogens with one attached hydrogen (secondary N) is 1. The number of aromatic nitrogens is 2. The molecule has 0 saturated carbocycles. The first-order valence-electron chi connectivity index (χ1n) is 8.28. The van der Waals surface area contributed by atoms with Gasteiger partial charge in [-0.15, -0.1) is 0 Å². The summed E-state index contributed by atoms with van der Waals surface area (Å²) in [6.07, 6.45) is 0.917. The van der Waals surface area contributed by atoms with Crippen molar-refractivity contribution in [2.75, 3.05) is 18.5 Å². The van der Waals surface area contributed by atoms with Gasteiger partial charge in [-0.2, -0.15) is 0 Å². The van der Waals surface area contributed by atoms with Crippen molar-refractivity contribution in [3.63, 3.8) is 0 Å². The largest absolute Gasteiger partial charge is 0.494 e. The Morgan fingerprint density at radius 2 is 1.88 bits per heavy atom. The molecule has 0 fully saturated rings. The number of aliphatic hydroxyl groups is 1. The summed E-state index contributed by atoms with van der Waals surface area (Å²) in [6.45, 7) is 2.95. The highest BCUT2D eigenvalue weighted by molar-refractivity contribution is 5.63. The van der Waals surface area contributed by atoms with Crippen molar-refractivity contribution in [3.8, 4) is 17.0 Å². The predicted molar refractivity (Wildman–Crippen MR) is 98.5 cm³/mol. The van der Waals surface area contributed by atoms with Crippen LogP contribution in [0.2, 0.25) is 0 Å². The second-order valence-corrected chi connectivity index (χ2v) is 5.56. The van der Waals surface area contributed by atoms with E-state index in [0.29, 0.717) is 19.0 Å². The summed E-state index contributed by atoms with van der Waals surface area (Å²) in [5, 5.41) is 13.4. The molecule has 1 heterocycles. The lowest BCUT2D eigenvalue weighted by Gasteiger charge is -2.13. The van der Waals surface area contributed by atoms with Crippen LogP contribution in [0.4, 0.5) is 5.82 Å². The highest BCUT2D eigenvalue weighted by Crippen LogP contribution is 2.23. The van der Waals surface area contributed by atoms with E-state index >= 15 is 0 Å². The summed E-state index contributed by atoms with van der Waals surface area (Å²) in [5.41, 5.74) is 2.63. The molecular weight excluding hydrogens is 314 g/mol. The molecule has 0 spiro atoms. The molecule has 2 N–H and O–H groups in total. The van der Waals surface area contributed by atoms with Crippen molar-refractivity contribution >= 4 is 5.82 Å². The second kappa shape index (κ2) is 8.26. The van der Waals surface area contributed by atoms with Gasteiger partial charge in [0.05, 0.1) is 18.4 Å². The molecule has 0 aliphatic heterocycles. The Bertz CT molecular complexity index is 809. The average Bonchev–Trinajstić information content (AvgIpc) is 2.67. The number of benzene rings is 2. The summed E-state index contributed by atoms with van der Waals surface area (Å²) in [4.78, 5) is 8.55. The molecular formula is C20H21N3O2. The van der Waals surface area contributed by atoms with Crippen molar-refractivity contribution in [1.82, 2.24) is 9.97 Å². The third kappa shape index (κ3) is 4.55. The maximum absolute atomic E-state index is 10.2. The van der Waals surface area contributed by atoms with Gasteiger partial charge in [0.1, 0.15) is 17.9 Å². The summed E-state index contributed by atoms with van der Waals surface area (Å²) < 4.78 is 5.53. The molecule has 5 heteroatoms. The average molecular weight is 335 g/mol. The molecule has 0 aliphatic carbocycles. The molecule has 0 saturated heterocycles. The SMILES string of the molecule is CCOc1cccc(-c2cc(NC[C@H](O)c3ccccc3)ncn2)c1. The second-order valence-electron chi connectivity index (χ2n) is 5.56. The van der Waals surface area contributed by atoms with Crippen molar-refractivity contribution < 1.29 is 9.84 Å². The Hall–Kier alpha value is -2.92. The van der Waals surface area contributed by atoms with Gasteiger partial charge in [0.15, 0.2) is 0 Å². The number of aliphatic hydroxyl groups excluding tert-OH is 1. The molecule has 0 amide bonds.